The van der Waals surface area contributed by atoms with Crippen molar-refractivity contribution < 1.29 is 9.84 Å². The van der Waals surface area contributed by atoms with E-state index in [9.17, 15) is 5.11 Å². The molecule has 0 spiro atoms. The van der Waals surface area contributed by atoms with E-state index in [0.717, 1.165) is 10.0 Å². The molecular weight excluding hydrogens is 232 g/mol. The van der Waals surface area contributed by atoms with Gasteiger partial charge in [-0.15, -0.1) is 0 Å². The van der Waals surface area contributed by atoms with Gasteiger partial charge in [0.05, 0.1) is 6.10 Å². The van der Waals surface area contributed by atoms with Crippen LogP contribution in [0, 0.1) is 0 Å². The molecule has 0 saturated heterocycles. The Morgan fingerprint density at radius 3 is 2.92 bits per heavy atom. The van der Waals surface area contributed by atoms with Crippen LogP contribution in [0.3, 0.4) is 0 Å². The summed E-state index contributed by atoms with van der Waals surface area (Å²) < 4.78 is 5.88. The predicted molar refractivity (Wildman–Crippen MR) is 55.6 cm³/mol. The van der Waals surface area contributed by atoms with E-state index in [1.807, 2.05) is 24.3 Å². The second-order valence-electron chi connectivity index (χ2n) is 2.85. The van der Waals surface area contributed by atoms with Crippen molar-refractivity contribution in [2.45, 2.75) is 12.5 Å². The Morgan fingerprint density at radius 2 is 2.31 bits per heavy atom. The molecule has 0 saturated carbocycles. The number of halogens is 1. The molecular formula is C10H13BrO2. The highest BCUT2D eigenvalue weighted by atomic mass is 79.9. The number of ether oxygens (including phenoxy) is 1. The summed E-state index contributed by atoms with van der Waals surface area (Å²) in [4.78, 5) is 0. The average Bonchev–Trinajstić information content (AvgIpc) is 2.14. The summed E-state index contributed by atoms with van der Waals surface area (Å²) in [5.74, 6) is 0. The first-order chi connectivity index (χ1) is 6.24. The first kappa shape index (κ1) is 10.7. The van der Waals surface area contributed by atoms with E-state index in [-0.39, 0.29) is 0 Å². The SMILES string of the molecule is COCCC(O)c1cccc(Br)c1. The Labute approximate surface area is 86.7 Å². The van der Waals surface area contributed by atoms with E-state index in [0.29, 0.717) is 13.0 Å². The lowest BCUT2D eigenvalue weighted by Gasteiger charge is -2.10. The van der Waals surface area contributed by atoms with Crippen LogP contribution >= 0.6 is 15.9 Å². The van der Waals surface area contributed by atoms with Crippen LogP contribution in [0.1, 0.15) is 18.1 Å². The molecule has 0 heterocycles. The zero-order valence-corrected chi connectivity index (χ0v) is 9.12. The molecule has 0 aliphatic heterocycles. The third-order valence-corrected chi connectivity index (χ3v) is 2.32. The molecule has 72 valence electrons. The van der Waals surface area contributed by atoms with E-state index >= 15 is 0 Å². The summed E-state index contributed by atoms with van der Waals surface area (Å²) in [7, 11) is 1.63. The average molecular weight is 245 g/mol. The van der Waals surface area contributed by atoms with Gasteiger partial charge in [-0.2, -0.15) is 0 Å². The summed E-state index contributed by atoms with van der Waals surface area (Å²) in [6, 6.07) is 7.67. The Hall–Kier alpha value is -0.380. The van der Waals surface area contributed by atoms with E-state index < -0.39 is 6.10 Å². The van der Waals surface area contributed by atoms with Crippen LogP contribution in [0.5, 0.6) is 0 Å². The molecule has 1 aromatic carbocycles. The Balaban J connectivity index is 2.60. The van der Waals surface area contributed by atoms with E-state index in [1.165, 1.54) is 0 Å². The number of hydrogen-bond donors (Lipinski definition) is 1. The maximum atomic E-state index is 9.68. The van der Waals surface area contributed by atoms with Crippen molar-refractivity contribution in [2.75, 3.05) is 13.7 Å². The zero-order chi connectivity index (χ0) is 9.68. The number of benzene rings is 1. The minimum Gasteiger partial charge on any atom is -0.388 e. The van der Waals surface area contributed by atoms with Crippen LogP contribution in [0.15, 0.2) is 28.7 Å². The number of rotatable bonds is 4. The molecule has 0 fully saturated rings. The first-order valence-corrected chi connectivity index (χ1v) is 4.96. The molecule has 1 rings (SSSR count). The highest BCUT2D eigenvalue weighted by molar-refractivity contribution is 9.10. The Bertz CT molecular complexity index is 263. The standard InChI is InChI=1S/C10H13BrO2/c1-13-6-5-10(12)8-3-2-4-9(11)7-8/h2-4,7,10,12H,5-6H2,1H3. The van der Waals surface area contributed by atoms with Crippen LogP contribution < -0.4 is 0 Å². The second-order valence-corrected chi connectivity index (χ2v) is 3.77. The van der Waals surface area contributed by atoms with Gasteiger partial charge in [-0.25, -0.2) is 0 Å². The Morgan fingerprint density at radius 1 is 1.54 bits per heavy atom. The molecule has 1 unspecified atom stereocenters. The van der Waals surface area contributed by atoms with Gasteiger partial charge in [0.1, 0.15) is 0 Å². The van der Waals surface area contributed by atoms with Crippen molar-refractivity contribution in [3.8, 4) is 0 Å². The van der Waals surface area contributed by atoms with E-state index in [1.54, 1.807) is 7.11 Å². The smallest absolute Gasteiger partial charge is 0.0812 e. The molecule has 0 bridgehead atoms. The van der Waals surface area contributed by atoms with Crippen LogP contribution in [-0.4, -0.2) is 18.8 Å². The molecule has 1 N–H and O–H groups in total. The minimum atomic E-state index is -0.433. The topological polar surface area (TPSA) is 29.5 Å². The van der Waals surface area contributed by atoms with Gasteiger partial charge in [0.15, 0.2) is 0 Å². The quantitative estimate of drug-likeness (QED) is 0.883. The van der Waals surface area contributed by atoms with Crippen LogP contribution in [-0.2, 0) is 4.74 Å². The van der Waals surface area contributed by atoms with Crippen molar-refractivity contribution in [2.24, 2.45) is 0 Å². The van der Waals surface area contributed by atoms with Crippen molar-refractivity contribution in [1.29, 1.82) is 0 Å². The molecule has 0 amide bonds. The summed E-state index contributed by atoms with van der Waals surface area (Å²) in [5.41, 5.74) is 0.923. The third kappa shape index (κ3) is 3.46. The van der Waals surface area contributed by atoms with Crippen LogP contribution in [0.2, 0.25) is 0 Å². The van der Waals surface area contributed by atoms with Crippen LogP contribution in [0.4, 0.5) is 0 Å². The fourth-order valence-corrected chi connectivity index (χ4v) is 1.53. The van der Waals surface area contributed by atoms with Gasteiger partial charge in [-0.05, 0) is 17.7 Å². The van der Waals surface area contributed by atoms with Gasteiger partial charge in [0.2, 0.25) is 0 Å². The van der Waals surface area contributed by atoms with Gasteiger partial charge < -0.3 is 9.84 Å². The fraction of sp³-hybridized carbons (Fsp3) is 0.400. The highest BCUT2D eigenvalue weighted by Crippen LogP contribution is 2.20. The molecule has 1 atom stereocenters. The van der Waals surface area contributed by atoms with E-state index in [2.05, 4.69) is 15.9 Å². The summed E-state index contributed by atoms with van der Waals surface area (Å²) in [5, 5.41) is 9.68. The number of methoxy groups -OCH3 is 1. The number of aliphatic hydroxyl groups is 1. The van der Waals surface area contributed by atoms with Crippen molar-refractivity contribution >= 4 is 15.9 Å². The molecule has 1 aromatic rings. The van der Waals surface area contributed by atoms with Crippen molar-refractivity contribution in [3.05, 3.63) is 34.3 Å². The molecule has 0 radical (unpaired) electrons. The molecule has 0 aliphatic rings. The third-order valence-electron chi connectivity index (χ3n) is 1.83. The van der Waals surface area contributed by atoms with Gasteiger partial charge in [-0.3, -0.25) is 0 Å². The lowest BCUT2D eigenvalue weighted by molar-refractivity contribution is 0.110. The largest absolute Gasteiger partial charge is 0.388 e. The highest BCUT2D eigenvalue weighted by Gasteiger charge is 2.06. The monoisotopic (exact) mass is 244 g/mol. The summed E-state index contributed by atoms with van der Waals surface area (Å²) in [6.07, 6.45) is 0.199. The van der Waals surface area contributed by atoms with E-state index in [4.69, 9.17) is 4.74 Å². The molecule has 3 heteroatoms. The minimum absolute atomic E-state index is 0.433. The normalized spacial score (nSPS) is 12.8. The van der Waals surface area contributed by atoms with Crippen molar-refractivity contribution in [1.82, 2.24) is 0 Å². The first-order valence-electron chi connectivity index (χ1n) is 4.16. The molecule has 0 aliphatic carbocycles. The maximum absolute atomic E-state index is 9.68. The Kier molecular flexibility index (Phi) is 4.42. The van der Waals surface area contributed by atoms with Crippen molar-refractivity contribution in [3.63, 3.8) is 0 Å². The fourth-order valence-electron chi connectivity index (χ4n) is 1.11. The molecule has 0 aromatic heterocycles. The van der Waals surface area contributed by atoms with Gasteiger partial charge in [0.25, 0.3) is 0 Å². The number of hydrogen-bond acceptors (Lipinski definition) is 2. The maximum Gasteiger partial charge on any atom is 0.0812 e. The molecule has 13 heavy (non-hydrogen) atoms. The number of aliphatic hydroxyl groups excluding tert-OH is 1. The molecule has 2 nitrogen and oxygen atoms in total. The summed E-state index contributed by atoms with van der Waals surface area (Å²) in [6.45, 7) is 0.577. The lowest BCUT2D eigenvalue weighted by Crippen LogP contribution is -2.01. The van der Waals surface area contributed by atoms with Gasteiger partial charge in [-0.1, -0.05) is 28.1 Å². The van der Waals surface area contributed by atoms with Gasteiger partial charge >= 0.3 is 0 Å². The van der Waals surface area contributed by atoms with Crippen LogP contribution in [0.25, 0.3) is 0 Å². The predicted octanol–water partition coefficient (Wildman–Crippen LogP) is 2.52. The summed E-state index contributed by atoms with van der Waals surface area (Å²) >= 11 is 3.36. The van der Waals surface area contributed by atoms with Gasteiger partial charge in [0, 0.05) is 24.6 Å². The second kappa shape index (κ2) is 5.37. The lowest BCUT2D eigenvalue weighted by atomic mass is 10.1. The zero-order valence-electron chi connectivity index (χ0n) is 7.53.